The zero-order valence-corrected chi connectivity index (χ0v) is 53.0. The summed E-state index contributed by atoms with van der Waals surface area (Å²) in [7, 11) is 0. The van der Waals surface area contributed by atoms with Gasteiger partial charge in [-0.1, -0.05) is 150 Å². The second kappa shape index (κ2) is 33.8. The van der Waals surface area contributed by atoms with Crippen molar-refractivity contribution in [1.82, 2.24) is 5.32 Å². The summed E-state index contributed by atoms with van der Waals surface area (Å²) in [5.41, 5.74) is 6.80. The molecule has 72 heavy (non-hydrogen) atoms. The zero-order valence-electron chi connectivity index (χ0n) is 42.9. The molecule has 0 bridgehead atoms. The van der Waals surface area contributed by atoms with Crippen LogP contribution in [0.4, 0.5) is 16.2 Å². The van der Waals surface area contributed by atoms with Gasteiger partial charge in [0.25, 0.3) is 0 Å². The molecule has 5 aromatic carbocycles. The number of likely N-dealkylation sites (N-methyl/N-ethyl adjacent to an activating group) is 1. The van der Waals surface area contributed by atoms with E-state index in [0.29, 0.717) is 19.7 Å². The number of carbonyl (C=O) groups is 1. The fourth-order valence-corrected chi connectivity index (χ4v) is 9.91. The van der Waals surface area contributed by atoms with Crippen LogP contribution in [-0.2, 0) is 103 Å². The number of nitrogens with zero attached hydrogens (tertiary/aromatic N) is 2. The minimum Gasteiger partial charge on any atom is -0.448 e. The van der Waals surface area contributed by atoms with E-state index in [1.165, 1.54) is 89.0 Å². The van der Waals surface area contributed by atoms with E-state index >= 15 is 0 Å². The number of hydrogen-bond donors (Lipinski definition) is 1. The Morgan fingerprint density at radius 3 is 1.50 bits per heavy atom. The third-order valence-electron chi connectivity index (χ3n) is 12.4. The van der Waals surface area contributed by atoms with E-state index in [-0.39, 0.29) is 104 Å². The summed E-state index contributed by atoms with van der Waals surface area (Å²) in [5, 5.41) is 7.65. The van der Waals surface area contributed by atoms with Gasteiger partial charge in [0.05, 0.1) is 16.3 Å². The number of rotatable bonds is 23. The quantitative estimate of drug-likeness (QED) is 0.0394. The number of amides is 1. The van der Waals surface area contributed by atoms with Crippen LogP contribution in [0.3, 0.4) is 0 Å². The summed E-state index contributed by atoms with van der Waals surface area (Å²) in [6.45, 7) is 13.5. The normalized spacial score (nSPS) is 10.8. The van der Waals surface area contributed by atoms with Gasteiger partial charge in [-0.3, -0.25) is 0 Å². The van der Waals surface area contributed by atoms with Crippen LogP contribution in [0, 0.1) is 23.7 Å². The van der Waals surface area contributed by atoms with Gasteiger partial charge >= 0.3 is 6.09 Å². The first-order valence-corrected chi connectivity index (χ1v) is 26.9. The van der Waals surface area contributed by atoms with Crippen LogP contribution in [0.25, 0.3) is 45.8 Å². The minimum absolute atomic E-state index is 0. The van der Waals surface area contributed by atoms with E-state index < -0.39 is 0 Å². The fraction of sp³-hybridized carbons (Fsp3) is 0.323. The number of hydrogen-bond acceptors (Lipinski definition) is 6. The smallest absolute Gasteiger partial charge is 0.407 e. The molecule has 2 aromatic heterocycles. The summed E-state index contributed by atoms with van der Waals surface area (Å²) >= 11 is 3.42. The largest absolute Gasteiger partial charge is 0.448 e. The number of thiophene rings is 2. The van der Waals surface area contributed by atoms with E-state index in [1.54, 1.807) is 22.7 Å². The molecule has 7 rings (SSSR count). The van der Waals surface area contributed by atoms with Crippen LogP contribution in [0.15, 0.2) is 115 Å². The first-order chi connectivity index (χ1) is 33.9. The van der Waals surface area contributed by atoms with Crippen LogP contribution >= 0.6 is 22.7 Å². The molecular weight excluding hydrogens is 1150 g/mol. The van der Waals surface area contributed by atoms with Crippen molar-refractivity contribution in [1.29, 1.82) is 0 Å². The number of nitrogens with one attached hydrogen (secondary N) is 1. The molecule has 0 atom stereocenters. The zero-order chi connectivity index (χ0) is 48.0. The van der Waals surface area contributed by atoms with Crippen molar-refractivity contribution in [3.63, 3.8) is 0 Å². The Hall–Kier alpha value is -3.07. The van der Waals surface area contributed by atoms with Crippen molar-refractivity contribution < 1.29 is 108 Å². The van der Waals surface area contributed by atoms with Crippen molar-refractivity contribution in [2.75, 3.05) is 49.1 Å². The van der Waals surface area contributed by atoms with Crippen LogP contribution in [-0.4, -0.2) is 45.4 Å². The molecule has 3 radical (unpaired) electrons. The first kappa shape index (κ1) is 61.5. The maximum Gasteiger partial charge on any atom is 0.407 e. The maximum absolute atomic E-state index is 11.9. The maximum atomic E-state index is 11.9. The van der Waals surface area contributed by atoms with Crippen molar-refractivity contribution in [2.45, 2.75) is 91.9 Å². The van der Waals surface area contributed by atoms with Crippen molar-refractivity contribution >= 4 is 86.0 Å². The van der Waals surface area contributed by atoms with Gasteiger partial charge in [-0.05, 0) is 109 Å². The Kier molecular flexibility index (Phi) is 28.8. The van der Waals surface area contributed by atoms with Crippen molar-refractivity contribution in [3.8, 4) is 23.7 Å². The number of anilines is 2. The van der Waals surface area contributed by atoms with Crippen LogP contribution < -0.4 is 15.1 Å². The predicted molar refractivity (Wildman–Crippen MR) is 301 cm³/mol. The van der Waals surface area contributed by atoms with E-state index in [2.05, 4.69) is 206 Å². The number of alkyl carbamates (subject to hydrolysis) is 1. The van der Waals surface area contributed by atoms with Crippen molar-refractivity contribution in [3.05, 3.63) is 157 Å². The summed E-state index contributed by atoms with van der Waals surface area (Å²) in [4.78, 5) is 21.1. The van der Waals surface area contributed by atoms with Gasteiger partial charge in [-0.25, -0.2) is 4.79 Å². The summed E-state index contributed by atoms with van der Waals surface area (Å²) in [6, 6.07) is 41.4. The summed E-state index contributed by atoms with van der Waals surface area (Å²) in [6.07, 6.45) is 20.7. The molecule has 0 unspecified atom stereocenters. The number of fused-ring (bicyclic) bond motifs is 3. The van der Waals surface area contributed by atoms with Gasteiger partial charge < -0.3 is 19.9 Å². The molecular formula is C62H68N3O2S2Y3-. The molecule has 7 aromatic rings. The molecule has 2 heterocycles. The molecule has 1 N–H and O–H groups in total. The molecule has 0 saturated carbocycles. The van der Waals surface area contributed by atoms with Gasteiger partial charge in [-0.2, -0.15) is 0 Å². The average Bonchev–Trinajstić information content (AvgIpc) is 4.13. The van der Waals surface area contributed by atoms with Gasteiger partial charge in [0.1, 0.15) is 6.61 Å². The Bertz CT molecular complexity index is 2900. The molecule has 365 valence electrons. The standard InChI is InChI=1S/C62H68N3O2S2.3Y/c1-5-9-12-14-41-65(42-15-13-10-6-2)55-28-18-49(19-29-55)21-31-57-35-37-59(69-57)33-23-51-25-39-61-53(46-51)47-52-45-50(24-38-60(52)61)22-32-58-36-34-56(68-58)30-20-48-16-26-54(27-17-48)64(8-4)43-44-67-62(66)63-40-11-7-3;;;/h16-21,24-31,34-39,45-47H,5-15,40-44H2,1-4H3,(H,63,66);;;/q-1;;;/b30-20+,31-21+;;;. The van der Waals surface area contributed by atoms with Crippen molar-refractivity contribution in [2.24, 2.45) is 0 Å². The van der Waals surface area contributed by atoms with E-state index in [9.17, 15) is 4.79 Å². The fourth-order valence-electron chi connectivity index (χ4n) is 8.38. The monoisotopic (exact) mass is 1220 g/mol. The predicted octanol–water partition coefficient (Wildman–Crippen LogP) is 16.3. The topological polar surface area (TPSA) is 44.8 Å². The van der Waals surface area contributed by atoms with E-state index in [1.807, 2.05) is 0 Å². The number of benzene rings is 4. The summed E-state index contributed by atoms with van der Waals surface area (Å²) in [5.74, 6) is 13.6. The van der Waals surface area contributed by atoms with Gasteiger partial charge in [0.15, 0.2) is 0 Å². The SMILES string of the molecule is CCCCCCN(CCCCCC)c1ccc(/C=C/c2ccc(C#Cc3ccc4c(c3)[cH-]c3cc(C#Cc5ccc(/C=C/c6ccc(N(CC)CCOC(=O)NCCCC)cc6)s5)ccc34)s2)cc1.[Y].[Y].[Y]. The molecule has 0 aliphatic heterocycles. The van der Waals surface area contributed by atoms with E-state index in [0.717, 1.165) is 69.5 Å². The van der Waals surface area contributed by atoms with Crippen LogP contribution in [0.5, 0.6) is 0 Å². The number of ether oxygens (including phenoxy) is 1. The third kappa shape index (κ3) is 19.6. The average molecular weight is 1220 g/mol. The minimum atomic E-state index is -0.347. The number of unbranched alkanes of at least 4 members (excludes halogenated alkanes) is 7. The third-order valence-corrected chi connectivity index (χ3v) is 14.3. The molecule has 0 saturated heterocycles. The van der Waals surface area contributed by atoms with Crippen LogP contribution in [0.1, 0.15) is 134 Å². The van der Waals surface area contributed by atoms with E-state index in [4.69, 9.17) is 4.74 Å². The second-order valence-electron chi connectivity index (χ2n) is 17.6. The van der Waals surface area contributed by atoms with Gasteiger partial charge in [0, 0.05) is 145 Å². The number of carbonyl (C=O) groups excluding carboxylic acids is 1. The summed E-state index contributed by atoms with van der Waals surface area (Å²) < 4.78 is 5.36. The molecule has 0 aliphatic carbocycles. The molecule has 0 fully saturated rings. The van der Waals surface area contributed by atoms with Gasteiger partial charge in [0.2, 0.25) is 0 Å². The Morgan fingerprint density at radius 2 is 1.03 bits per heavy atom. The second-order valence-corrected chi connectivity index (χ2v) is 19.8. The molecule has 5 nitrogen and oxygen atoms in total. The van der Waals surface area contributed by atoms with Crippen LogP contribution in [0.2, 0.25) is 0 Å². The molecule has 0 spiro atoms. The molecule has 1 amide bonds. The first-order valence-electron chi connectivity index (χ1n) is 25.2. The van der Waals surface area contributed by atoms with Gasteiger partial charge in [-0.15, -0.1) is 62.4 Å². The molecule has 10 heteroatoms. The Balaban J connectivity index is 0.00000375. The Labute approximate surface area is 514 Å². The Morgan fingerprint density at radius 1 is 0.542 bits per heavy atom. The molecule has 0 aliphatic rings.